The van der Waals surface area contributed by atoms with Crippen LogP contribution in [-0.4, -0.2) is 16.8 Å². The molecule has 3 amide bonds. The van der Waals surface area contributed by atoms with Gasteiger partial charge in [0.15, 0.2) is 0 Å². The number of benzene rings is 2. The Labute approximate surface area is 150 Å². The van der Waals surface area contributed by atoms with Crippen molar-refractivity contribution in [2.45, 2.75) is 38.8 Å². The van der Waals surface area contributed by atoms with E-state index in [1.807, 2.05) is 24.3 Å². The van der Waals surface area contributed by atoms with Crippen LogP contribution >= 0.6 is 0 Å². The summed E-state index contributed by atoms with van der Waals surface area (Å²) in [5.41, 5.74) is 0.106. The van der Waals surface area contributed by atoms with Gasteiger partial charge in [-0.15, -0.1) is 0 Å². The summed E-state index contributed by atoms with van der Waals surface area (Å²) in [6.45, 7) is 5.60. The van der Waals surface area contributed by atoms with E-state index in [4.69, 9.17) is 0 Å². The van der Waals surface area contributed by atoms with E-state index in [-0.39, 0.29) is 12.1 Å². The Morgan fingerprint density at radius 1 is 1.08 bits per heavy atom. The molecule has 3 rings (SSSR count). The number of urea groups is 1. The fourth-order valence-electron chi connectivity index (χ4n) is 3.09. The minimum absolute atomic E-state index is 0.0650. The number of amides is 3. The number of imide groups is 1. The van der Waals surface area contributed by atoms with Gasteiger partial charge in [-0.2, -0.15) is 0 Å². The minimum Gasteiger partial charge on any atom is -0.319 e. The van der Waals surface area contributed by atoms with Crippen molar-refractivity contribution in [3.63, 3.8) is 0 Å². The molecule has 1 heterocycles. The molecule has 1 atom stereocenters. The van der Waals surface area contributed by atoms with Gasteiger partial charge in [-0.1, -0.05) is 38.1 Å². The van der Waals surface area contributed by atoms with Gasteiger partial charge in [0, 0.05) is 5.56 Å². The van der Waals surface area contributed by atoms with Gasteiger partial charge < -0.3 is 5.32 Å². The second-order valence-electron chi connectivity index (χ2n) is 6.97. The van der Waals surface area contributed by atoms with E-state index in [2.05, 4.69) is 19.2 Å². The van der Waals surface area contributed by atoms with Crippen LogP contribution in [0.15, 0.2) is 42.5 Å². The van der Waals surface area contributed by atoms with Crippen LogP contribution in [0.1, 0.15) is 43.4 Å². The maximum Gasteiger partial charge on any atom is 0.325 e. The first-order chi connectivity index (χ1) is 12.2. The van der Waals surface area contributed by atoms with E-state index < -0.39 is 29.1 Å². The molecule has 0 aromatic heterocycles. The van der Waals surface area contributed by atoms with Crippen LogP contribution < -0.4 is 5.32 Å². The van der Waals surface area contributed by atoms with Crippen LogP contribution in [-0.2, 0) is 16.9 Å². The lowest BCUT2D eigenvalue weighted by molar-refractivity contribution is -0.131. The number of carbonyl (C=O) groups is 2. The van der Waals surface area contributed by atoms with Gasteiger partial charge in [-0.05, 0) is 42.2 Å². The zero-order valence-corrected chi connectivity index (χ0v) is 14.8. The predicted molar refractivity (Wildman–Crippen MR) is 93.3 cm³/mol. The Kier molecular flexibility index (Phi) is 4.52. The molecular weight excluding hydrogens is 338 g/mol. The quantitative estimate of drug-likeness (QED) is 0.838. The average molecular weight is 358 g/mol. The summed E-state index contributed by atoms with van der Waals surface area (Å²) in [6.07, 6.45) is 0. The summed E-state index contributed by atoms with van der Waals surface area (Å²) in [7, 11) is 0. The molecule has 1 N–H and O–H groups in total. The second kappa shape index (κ2) is 6.52. The van der Waals surface area contributed by atoms with Gasteiger partial charge in [0.2, 0.25) is 0 Å². The Balaban J connectivity index is 1.88. The maximum absolute atomic E-state index is 14.2. The number of hydrogen-bond donors (Lipinski definition) is 1. The van der Waals surface area contributed by atoms with E-state index in [1.165, 1.54) is 6.92 Å². The molecule has 1 aliphatic heterocycles. The summed E-state index contributed by atoms with van der Waals surface area (Å²) < 4.78 is 27.7. The lowest BCUT2D eigenvalue weighted by Gasteiger charge is -2.23. The van der Waals surface area contributed by atoms with Gasteiger partial charge >= 0.3 is 6.03 Å². The zero-order valence-electron chi connectivity index (χ0n) is 14.8. The predicted octanol–water partition coefficient (Wildman–Crippen LogP) is 4.06. The zero-order chi connectivity index (χ0) is 19.1. The van der Waals surface area contributed by atoms with E-state index in [0.29, 0.717) is 5.92 Å². The number of nitrogens with one attached hydrogen (secondary N) is 1. The molecule has 26 heavy (non-hydrogen) atoms. The Morgan fingerprint density at radius 3 is 2.35 bits per heavy atom. The third-order valence-electron chi connectivity index (χ3n) is 4.73. The number of rotatable bonds is 4. The topological polar surface area (TPSA) is 49.4 Å². The van der Waals surface area contributed by atoms with Crippen LogP contribution in [0.25, 0.3) is 0 Å². The molecule has 0 aliphatic carbocycles. The number of nitrogens with zero attached hydrogens (tertiary/aromatic N) is 1. The second-order valence-corrected chi connectivity index (χ2v) is 6.97. The van der Waals surface area contributed by atoms with Crippen molar-refractivity contribution in [1.82, 2.24) is 10.2 Å². The fraction of sp³-hybridized carbons (Fsp3) is 0.300. The van der Waals surface area contributed by atoms with Crippen molar-refractivity contribution in [2.24, 2.45) is 0 Å². The molecule has 6 heteroatoms. The van der Waals surface area contributed by atoms with Crippen molar-refractivity contribution in [3.05, 3.63) is 70.8 Å². The summed E-state index contributed by atoms with van der Waals surface area (Å²) in [5.74, 6) is -1.65. The lowest BCUT2D eigenvalue weighted by atomic mass is 9.91. The van der Waals surface area contributed by atoms with E-state index in [0.717, 1.165) is 34.2 Å². The van der Waals surface area contributed by atoms with Crippen molar-refractivity contribution in [2.75, 3.05) is 0 Å². The maximum atomic E-state index is 14.2. The molecule has 4 nitrogen and oxygen atoms in total. The largest absolute Gasteiger partial charge is 0.325 e. The molecule has 0 unspecified atom stereocenters. The van der Waals surface area contributed by atoms with Crippen molar-refractivity contribution in [1.29, 1.82) is 0 Å². The highest BCUT2D eigenvalue weighted by molar-refractivity contribution is 6.07. The van der Waals surface area contributed by atoms with Crippen LogP contribution in [0, 0.1) is 11.6 Å². The monoisotopic (exact) mass is 358 g/mol. The molecule has 0 spiro atoms. The summed E-state index contributed by atoms with van der Waals surface area (Å²) >= 11 is 0. The van der Waals surface area contributed by atoms with Crippen LogP contribution in [0.2, 0.25) is 0 Å². The highest BCUT2D eigenvalue weighted by Gasteiger charge is 2.50. The third kappa shape index (κ3) is 3.07. The first kappa shape index (κ1) is 18.0. The molecule has 0 bridgehead atoms. The lowest BCUT2D eigenvalue weighted by Crippen LogP contribution is -2.41. The molecular formula is C20H20F2N2O2. The van der Waals surface area contributed by atoms with Crippen molar-refractivity contribution < 1.29 is 18.4 Å². The smallest absolute Gasteiger partial charge is 0.319 e. The van der Waals surface area contributed by atoms with Gasteiger partial charge in [0.05, 0.1) is 6.54 Å². The molecule has 0 saturated carbocycles. The Bertz CT molecular complexity index is 865. The summed E-state index contributed by atoms with van der Waals surface area (Å²) in [4.78, 5) is 26.2. The van der Waals surface area contributed by atoms with Crippen molar-refractivity contribution >= 4 is 11.9 Å². The number of halogens is 2. The summed E-state index contributed by atoms with van der Waals surface area (Å²) in [6, 6.07) is 9.83. The Hall–Kier alpha value is -2.76. The molecule has 0 radical (unpaired) electrons. The van der Waals surface area contributed by atoms with Gasteiger partial charge in [0.1, 0.15) is 17.2 Å². The Morgan fingerprint density at radius 2 is 1.73 bits per heavy atom. The molecule has 136 valence electrons. The molecule has 2 aromatic carbocycles. The van der Waals surface area contributed by atoms with Gasteiger partial charge in [0.25, 0.3) is 5.91 Å². The van der Waals surface area contributed by atoms with Crippen LogP contribution in [0.3, 0.4) is 0 Å². The summed E-state index contributed by atoms with van der Waals surface area (Å²) in [5, 5.41) is 2.50. The number of hydrogen-bond acceptors (Lipinski definition) is 2. The third-order valence-corrected chi connectivity index (χ3v) is 4.73. The number of carbonyl (C=O) groups excluding carboxylic acids is 2. The fourth-order valence-corrected chi connectivity index (χ4v) is 3.09. The average Bonchev–Trinajstić information content (AvgIpc) is 2.81. The van der Waals surface area contributed by atoms with Gasteiger partial charge in [-0.25, -0.2) is 13.6 Å². The SMILES string of the molecule is CC(C)c1ccc(CN2C(=O)N[C@@](C)(c3cc(F)ccc3F)C2=O)cc1. The first-order valence-corrected chi connectivity index (χ1v) is 8.41. The van der Waals surface area contributed by atoms with Gasteiger partial charge in [-0.3, -0.25) is 9.69 Å². The van der Waals surface area contributed by atoms with E-state index in [1.54, 1.807) is 0 Å². The van der Waals surface area contributed by atoms with Crippen LogP contribution in [0.5, 0.6) is 0 Å². The molecule has 1 saturated heterocycles. The van der Waals surface area contributed by atoms with E-state index in [9.17, 15) is 18.4 Å². The highest BCUT2D eigenvalue weighted by atomic mass is 19.1. The van der Waals surface area contributed by atoms with Crippen molar-refractivity contribution in [3.8, 4) is 0 Å². The minimum atomic E-state index is -1.64. The van der Waals surface area contributed by atoms with Crippen LogP contribution in [0.4, 0.5) is 13.6 Å². The normalized spacial score (nSPS) is 20.0. The standard InChI is InChI=1S/C20H20F2N2O2/c1-12(2)14-6-4-13(5-7-14)11-24-18(25)20(3,23-19(24)26)16-10-15(21)8-9-17(16)22/h4-10,12H,11H2,1-3H3,(H,23,26)/t20-/m0/s1. The van der Waals surface area contributed by atoms with E-state index >= 15 is 0 Å². The molecule has 2 aromatic rings. The molecule has 1 aliphatic rings. The molecule has 1 fully saturated rings. The highest BCUT2D eigenvalue weighted by Crippen LogP contribution is 2.32. The first-order valence-electron chi connectivity index (χ1n) is 8.41.